The van der Waals surface area contributed by atoms with E-state index in [1.54, 1.807) is 0 Å². The second-order valence-corrected chi connectivity index (χ2v) is 17.8. The minimum Gasteiger partial charge on any atom is -0.462 e. The van der Waals surface area contributed by atoms with Crippen LogP contribution in [0.15, 0.2) is 48.6 Å². The lowest BCUT2D eigenvalue weighted by Gasteiger charge is -2.18. The minimum atomic E-state index is -0.776. The summed E-state index contributed by atoms with van der Waals surface area (Å²) >= 11 is 0. The zero-order valence-corrected chi connectivity index (χ0v) is 41.1. The molecule has 0 radical (unpaired) electrons. The van der Waals surface area contributed by atoms with Crippen LogP contribution in [-0.2, 0) is 28.6 Å². The van der Waals surface area contributed by atoms with Gasteiger partial charge >= 0.3 is 17.9 Å². The number of carbonyl (C=O) groups excluding carboxylic acids is 3. The first-order valence-electron chi connectivity index (χ1n) is 26.6. The molecule has 0 aromatic carbocycles. The average molecular weight is 869 g/mol. The van der Waals surface area contributed by atoms with Gasteiger partial charge in [0.2, 0.25) is 0 Å². The van der Waals surface area contributed by atoms with Gasteiger partial charge in [0.1, 0.15) is 13.2 Å². The molecular formula is C56H100O6. The fourth-order valence-corrected chi connectivity index (χ4v) is 7.50. The smallest absolute Gasteiger partial charge is 0.306 e. The summed E-state index contributed by atoms with van der Waals surface area (Å²) < 4.78 is 16.8. The number of hydrogen-bond acceptors (Lipinski definition) is 6. The standard InChI is InChI=1S/C56H100O6/c1-4-7-10-13-16-19-21-23-24-25-26-27-28-29-30-31-32-33-35-37-40-43-46-49-55(58)61-52-53(51-60-54(57)48-45-42-39-36-18-15-12-9-6-3)62-56(59)50-47-44-41-38-34-22-20-17-14-11-8-5-2/h17,20-21,23,25-26,28-29,53H,4-16,18-19,22,24,27,30-52H2,1-3H3/b20-17-,23-21-,26-25-,29-28-. The molecule has 1 unspecified atom stereocenters. The summed E-state index contributed by atoms with van der Waals surface area (Å²) in [5, 5.41) is 0. The molecular weight excluding hydrogens is 769 g/mol. The van der Waals surface area contributed by atoms with Crippen molar-refractivity contribution in [2.24, 2.45) is 0 Å². The maximum atomic E-state index is 12.7. The average Bonchev–Trinajstić information content (AvgIpc) is 3.27. The van der Waals surface area contributed by atoms with Gasteiger partial charge in [0.05, 0.1) is 0 Å². The lowest BCUT2D eigenvalue weighted by molar-refractivity contribution is -0.167. The Kier molecular flexibility index (Phi) is 48.8. The van der Waals surface area contributed by atoms with Crippen molar-refractivity contribution in [3.05, 3.63) is 48.6 Å². The van der Waals surface area contributed by atoms with Crippen molar-refractivity contribution in [3.8, 4) is 0 Å². The number of esters is 3. The second-order valence-electron chi connectivity index (χ2n) is 17.8. The van der Waals surface area contributed by atoms with E-state index < -0.39 is 6.10 Å². The zero-order chi connectivity index (χ0) is 45.1. The Morgan fingerprint density at radius 3 is 0.952 bits per heavy atom. The van der Waals surface area contributed by atoms with E-state index in [9.17, 15) is 14.4 Å². The lowest BCUT2D eigenvalue weighted by atomic mass is 10.1. The van der Waals surface area contributed by atoms with Crippen LogP contribution in [0.25, 0.3) is 0 Å². The molecule has 0 aromatic heterocycles. The van der Waals surface area contributed by atoms with Crippen molar-refractivity contribution in [3.63, 3.8) is 0 Å². The first-order valence-corrected chi connectivity index (χ1v) is 26.6. The van der Waals surface area contributed by atoms with Crippen LogP contribution in [0.4, 0.5) is 0 Å². The number of allylic oxidation sites excluding steroid dienone is 8. The Labute approximate surface area is 384 Å². The van der Waals surface area contributed by atoms with Crippen LogP contribution >= 0.6 is 0 Å². The summed E-state index contributed by atoms with van der Waals surface area (Å²) in [5.41, 5.74) is 0. The van der Waals surface area contributed by atoms with E-state index >= 15 is 0 Å². The summed E-state index contributed by atoms with van der Waals surface area (Å²) in [5.74, 6) is -0.890. The van der Waals surface area contributed by atoms with Crippen LogP contribution in [0.5, 0.6) is 0 Å². The first-order chi connectivity index (χ1) is 30.5. The third-order valence-corrected chi connectivity index (χ3v) is 11.6. The van der Waals surface area contributed by atoms with Gasteiger partial charge in [0, 0.05) is 19.3 Å². The minimum absolute atomic E-state index is 0.0771. The number of unbranched alkanes of at least 4 members (excludes halogenated alkanes) is 29. The van der Waals surface area contributed by atoms with Crippen molar-refractivity contribution in [1.82, 2.24) is 0 Å². The molecule has 1 atom stereocenters. The fourth-order valence-electron chi connectivity index (χ4n) is 7.50. The first kappa shape index (κ1) is 59.4. The zero-order valence-electron chi connectivity index (χ0n) is 41.1. The molecule has 0 saturated carbocycles. The van der Waals surface area contributed by atoms with Gasteiger partial charge < -0.3 is 14.2 Å². The van der Waals surface area contributed by atoms with Crippen molar-refractivity contribution in [2.75, 3.05) is 13.2 Å². The molecule has 62 heavy (non-hydrogen) atoms. The highest BCUT2D eigenvalue weighted by molar-refractivity contribution is 5.71. The van der Waals surface area contributed by atoms with Crippen LogP contribution in [0, 0.1) is 0 Å². The molecule has 0 fully saturated rings. The van der Waals surface area contributed by atoms with Crippen molar-refractivity contribution in [2.45, 2.75) is 277 Å². The SMILES string of the molecule is CCCCC/C=C\CCCCCCCC(=O)OC(COC(=O)CCCCCCCCCCC)COC(=O)CCCCCCCCCC/C=C\C/C=C\C/C=C\CCCCCCC. The normalized spacial score (nSPS) is 12.4. The summed E-state index contributed by atoms with van der Waals surface area (Å²) in [4.78, 5) is 37.9. The fraction of sp³-hybridized carbons (Fsp3) is 0.804. The number of carbonyl (C=O) groups is 3. The van der Waals surface area contributed by atoms with Gasteiger partial charge in [-0.1, -0.05) is 217 Å². The van der Waals surface area contributed by atoms with Gasteiger partial charge in [-0.05, 0) is 83.5 Å². The molecule has 360 valence electrons. The Bertz CT molecular complexity index is 1090. The van der Waals surface area contributed by atoms with Crippen LogP contribution in [0.2, 0.25) is 0 Å². The van der Waals surface area contributed by atoms with E-state index in [2.05, 4.69) is 69.4 Å². The van der Waals surface area contributed by atoms with Gasteiger partial charge in [-0.3, -0.25) is 14.4 Å². The largest absolute Gasteiger partial charge is 0.462 e. The van der Waals surface area contributed by atoms with Crippen molar-refractivity contribution in [1.29, 1.82) is 0 Å². The number of hydrogen-bond donors (Lipinski definition) is 0. The van der Waals surface area contributed by atoms with E-state index in [1.165, 1.54) is 141 Å². The molecule has 0 heterocycles. The quantitative estimate of drug-likeness (QED) is 0.0262. The summed E-state index contributed by atoms with van der Waals surface area (Å²) in [7, 11) is 0. The summed E-state index contributed by atoms with van der Waals surface area (Å²) in [6, 6.07) is 0. The molecule has 0 rings (SSSR count). The van der Waals surface area contributed by atoms with Gasteiger partial charge in [0.15, 0.2) is 6.10 Å². The molecule has 0 saturated heterocycles. The summed E-state index contributed by atoms with van der Waals surface area (Å²) in [6.07, 6.45) is 61.0. The van der Waals surface area contributed by atoms with Crippen LogP contribution < -0.4 is 0 Å². The van der Waals surface area contributed by atoms with E-state index in [0.29, 0.717) is 19.3 Å². The van der Waals surface area contributed by atoms with Crippen LogP contribution in [0.1, 0.15) is 271 Å². The highest BCUT2D eigenvalue weighted by atomic mass is 16.6. The molecule has 6 heteroatoms. The van der Waals surface area contributed by atoms with E-state index in [-0.39, 0.29) is 31.1 Å². The molecule has 0 aliphatic heterocycles. The molecule has 6 nitrogen and oxygen atoms in total. The Morgan fingerprint density at radius 2 is 0.581 bits per heavy atom. The highest BCUT2D eigenvalue weighted by Crippen LogP contribution is 2.15. The molecule has 0 spiro atoms. The molecule has 0 bridgehead atoms. The van der Waals surface area contributed by atoms with Crippen molar-refractivity contribution >= 4 is 17.9 Å². The topological polar surface area (TPSA) is 78.9 Å². The maximum absolute atomic E-state index is 12.7. The van der Waals surface area contributed by atoms with Gasteiger partial charge in [0.25, 0.3) is 0 Å². The lowest BCUT2D eigenvalue weighted by Crippen LogP contribution is -2.30. The highest BCUT2D eigenvalue weighted by Gasteiger charge is 2.19. The molecule has 0 amide bonds. The van der Waals surface area contributed by atoms with Gasteiger partial charge in [-0.25, -0.2) is 0 Å². The van der Waals surface area contributed by atoms with E-state index in [0.717, 1.165) is 89.9 Å². The molecule has 0 aliphatic carbocycles. The Balaban J connectivity index is 4.24. The van der Waals surface area contributed by atoms with Crippen LogP contribution in [0.3, 0.4) is 0 Å². The second kappa shape index (κ2) is 51.0. The molecule has 0 N–H and O–H groups in total. The summed E-state index contributed by atoms with van der Waals surface area (Å²) in [6.45, 7) is 6.58. The van der Waals surface area contributed by atoms with Crippen LogP contribution in [-0.4, -0.2) is 37.2 Å². The number of rotatable bonds is 48. The Hall–Kier alpha value is -2.63. The Morgan fingerprint density at radius 1 is 0.323 bits per heavy atom. The van der Waals surface area contributed by atoms with Gasteiger partial charge in [-0.15, -0.1) is 0 Å². The molecule has 0 aliphatic rings. The van der Waals surface area contributed by atoms with E-state index in [4.69, 9.17) is 14.2 Å². The van der Waals surface area contributed by atoms with Gasteiger partial charge in [-0.2, -0.15) is 0 Å². The van der Waals surface area contributed by atoms with Crippen molar-refractivity contribution < 1.29 is 28.6 Å². The third-order valence-electron chi connectivity index (χ3n) is 11.6. The van der Waals surface area contributed by atoms with E-state index in [1.807, 2.05) is 0 Å². The predicted molar refractivity (Wildman–Crippen MR) is 265 cm³/mol. The third kappa shape index (κ3) is 48.4. The molecule has 0 aromatic rings. The maximum Gasteiger partial charge on any atom is 0.306 e. The predicted octanol–water partition coefficient (Wildman–Crippen LogP) is 17.5. The monoisotopic (exact) mass is 869 g/mol. The number of ether oxygens (including phenoxy) is 3.